The zero-order valence-corrected chi connectivity index (χ0v) is 19.4. The molecule has 0 saturated heterocycles. The molecule has 1 aliphatic carbocycles. The van der Waals surface area contributed by atoms with Gasteiger partial charge in [0.05, 0.1) is 12.7 Å². The van der Waals surface area contributed by atoms with Gasteiger partial charge in [-0.05, 0) is 63.0 Å². The molecule has 0 aliphatic heterocycles. The molecule has 0 bridgehead atoms. The molecule has 1 N–H and O–H groups in total. The van der Waals surface area contributed by atoms with Crippen LogP contribution in [-0.2, 0) is 14.3 Å². The average molecular weight is 431 g/mol. The number of phenols is 1. The highest BCUT2D eigenvalue weighted by Crippen LogP contribution is 2.34. The van der Waals surface area contributed by atoms with Gasteiger partial charge in [-0.2, -0.15) is 0 Å². The van der Waals surface area contributed by atoms with Gasteiger partial charge in [-0.25, -0.2) is 4.79 Å². The Morgan fingerprint density at radius 1 is 1.16 bits per heavy atom. The van der Waals surface area contributed by atoms with Crippen LogP contribution in [0.5, 0.6) is 11.5 Å². The molecule has 0 saturated carbocycles. The van der Waals surface area contributed by atoms with E-state index in [-0.39, 0.29) is 28.4 Å². The van der Waals surface area contributed by atoms with Crippen LogP contribution in [0, 0.1) is 5.41 Å². The van der Waals surface area contributed by atoms with E-state index in [4.69, 9.17) is 14.2 Å². The van der Waals surface area contributed by atoms with Gasteiger partial charge in [-0.15, -0.1) is 0 Å². The predicted molar refractivity (Wildman–Crippen MR) is 119 cm³/mol. The third-order valence-electron chi connectivity index (χ3n) is 5.72. The van der Waals surface area contributed by atoms with Gasteiger partial charge >= 0.3 is 11.9 Å². The van der Waals surface area contributed by atoms with Crippen LogP contribution in [0.2, 0.25) is 0 Å². The van der Waals surface area contributed by atoms with Crippen LogP contribution in [0.15, 0.2) is 41.5 Å². The van der Waals surface area contributed by atoms with E-state index >= 15 is 0 Å². The number of aromatic hydroxyl groups is 1. The molecule has 1 aromatic rings. The molecule has 170 valence electrons. The van der Waals surface area contributed by atoms with Crippen molar-refractivity contribution in [3.05, 3.63) is 47.1 Å². The highest BCUT2D eigenvalue weighted by Gasteiger charge is 2.32. The zero-order chi connectivity index (χ0) is 23.2. The van der Waals surface area contributed by atoms with Gasteiger partial charge < -0.3 is 19.3 Å². The zero-order valence-electron chi connectivity index (χ0n) is 19.4. The van der Waals surface area contributed by atoms with Crippen LogP contribution < -0.4 is 4.74 Å². The lowest BCUT2D eigenvalue weighted by molar-refractivity contribution is -0.149. The smallest absolute Gasteiger partial charge is 0.338 e. The Balaban J connectivity index is 2.36. The summed E-state index contributed by atoms with van der Waals surface area (Å²) >= 11 is 0. The molecule has 2 rings (SSSR count). The van der Waals surface area contributed by atoms with Crippen molar-refractivity contribution in [1.29, 1.82) is 0 Å². The van der Waals surface area contributed by atoms with Crippen LogP contribution in [0.1, 0.15) is 70.7 Å². The Bertz CT molecular complexity index is 865. The van der Waals surface area contributed by atoms with E-state index in [9.17, 15) is 14.7 Å². The summed E-state index contributed by atoms with van der Waals surface area (Å²) in [4.78, 5) is 24.6. The van der Waals surface area contributed by atoms with E-state index in [0.717, 1.165) is 24.8 Å². The molecule has 0 heterocycles. The molecule has 0 aromatic heterocycles. The maximum atomic E-state index is 12.8. The van der Waals surface area contributed by atoms with Crippen molar-refractivity contribution in [1.82, 2.24) is 0 Å². The minimum Gasteiger partial charge on any atom is -0.504 e. The number of carbonyl (C=O) groups is 2. The summed E-state index contributed by atoms with van der Waals surface area (Å²) in [5.74, 6) is -0.692. The normalized spacial score (nSPS) is 25.1. The van der Waals surface area contributed by atoms with E-state index in [2.05, 4.69) is 26.8 Å². The van der Waals surface area contributed by atoms with Crippen molar-refractivity contribution in [2.45, 2.75) is 72.5 Å². The molecule has 31 heavy (non-hydrogen) atoms. The standard InChI is InChI=1S/C25H34O6/c1-16-8-7-13-25(4,5)23(30-18(3)26)14-17(2)21(12-9-16)31-24(28)19-10-11-20(27)22(15-19)29-6/h9-11,14-15,21,23,27H,7-8,12-13H2,1-6H3/b16-9-,17-14-/t21-,23+/m1/s1. The highest BCUT2D eigenvalue weighted by molar-refractivity contribution is 5.90. The first-order chi connectivity index (χ1) is 14.5. The van der Waals surface area contributed by atoms with E-state index < -0.39 is 18.2 Å². The van der Waals surface area contributed by atoms with E-state index in [1.54, 1.807) is 0 Å². The van der Waals surface area contributed by atoms with Crippen molar-refractivity contribution in [3.63, 3.8) is 0 Å². The van der Waals surface area contributed by atoms with Crippen LogP contribution in [-0.4, -0.2) is 36.4 Å². The molecule has 0 amide bonds. The van der Waals surface area contributed by atoms with Crippen LogP contribution in [0.25, 0.3) is 0 Å². The fraction of sp³-hybridized carbons (Fsp3) is 0.520. The molecule has 6 nitrogen and oxygen atoms in total. The number of ether oxygens (including phenoxy) is 3. The van der Waals surface area contributed by atoms with Crippen molar-refractivity contribution >= 4 is 11.9 Å². The minimum absolute atomic E-state index is 0.0462. The first kappa shape index (κ1) is 24.5. The third-order valence-corrected chi connectivity index (χ3v) is 5.72. The molecule has 2 atom stereocenters. The lowest BCUT2D eigenvalue weighted by atomic mass is 9.80. The Morgan fingerprint density at radius 2 is 1.87 bits per heavy atom. The van der Waals surface area contributed by atoms with Gasteiger partial charge in [0.25, 0.3) is 0 Å². The maximum absolute atomic E-state index is 12.8. The fourth-order valence-corrected chi connectivity index (χ4v) is 3.65. The molecular formula is C25H34O6. The van der Waals surface area contributed by atoms with E-state index in [0.29, 0.717) is 6.42 Å². The van der Waals surface area contributed by atoms with Crippen molar-refractivity contribution < 1.29 is 28.9 Å². The fourth-order valence-electron chi connectivity index (χ4n) is 3.65. The molecule has 1 aromatic carbocycles. The molecular weight excluding hydrogens is 396 g/mol. The van der Waals surface area contributed by atoms with Crippen molar-refractivity contribution in [2.24, 2.45) is 5.41 Å². The number of carbonyl (C=O) groups excluding carboxylic acids is 2. The van der Waals surface area contributed by atoms with E-state index in [1.807, 2.05) is 13.0 Å². The lowest BCUT2D eigenvalue weighted by Gasteiger charge is -2.32. The SMILES string of the molecule is COc1cc(C(=O)O[C@@H]2C/C=C(/C)CCCC(C)(C)[C@@H](OC(C)=O)/C=C\2C)ccc1O. The Morgan fingerprint density at radius 3 is 2.52 bits per heavy atom. The lowest BCUT2D eigenvalue weighted by Crippen LogP contribution is -2.33. The number of phenolic OH excluding ortho intramolecular Hbond substituents is 1. The summed E-state index contributed by atoms with van der Waals surface area (Å²) in [6, 6.07) is 4.35. The Labute approximate surface area is 184 Å². The number of rotatable bonds is 4. The highest BCUT2D eigenvalue weighted by atomic mass is 16.5. The second-order valence-corrected chi connectivity index (χ2v) is 8.85. The second-order valence-electron chi connectivity index (χ2n) is 8.85. The summed E-state index contributed by atoms with van der Waals surface area (Å²) in [5, 5.41) is 9.78. The molecule has 0 spiro atoms. The Hall–Kier alpha value is -2.76. The van der Waals surface area contributed by atoms with Gasteiger partial charge in [0.1, 0.15) is 12.2 Å². The molecule has 0 unspecified atom stereocenters. The van der Waals surface area contributed by atoms with Crippen molar-refractivity contribution in [2.75, 3.05) is 7.11 Å². The second kappa shape index (κ2) is 10.5. The largest absolute Gasteiger partial charge is 0.504 e. The number of allylic oxidation sites excluding steroid dienone is 1. The number of methoxy groups -OCH3 is 1. The number of hydrogen-bond acceptors (Lipinski definition) is 6. The van der Waals surface area contributed by atoms with E-state index in [1.165, 1.54) is 37.8 Å². The van der Waals surface area contributed by atoms with Crippen LogP contribution >= 0.6 is 0 Å². The molecule has 6 heteroatoms. The Kier molecular flexibility index (Phi) is 8.31. The average Bonchev–Trinajstić information content (AvgIpc) is 2.70. The minimum atomic E-state index is -0.514. The summed E-state index contributed by atoms with van der Waals surface area (Å²) in [5.41, 5.74) is 2.09. The first-order valence-electron chi connectivity index (χ1n) is 10.6. The summed E-state index contributed by atoms with van der Waals surface area (Å²) < 4.78 is 16.6. The quantitative estimate of drug-likeness (QED) is 0.512. The van der Waals surface area contributed by atoms with Gasteiger partial charge in [0.15, 0.2) is 11.5 Å². The van der Waals surface area contributed by atoms with Gasteiger partial charge in [0.2, 0.25) is 0 Å². The number of esters is 2. The topological polar surface area (TPSA) is 82.1 Å². The molecule has 0 radical (unpaired) electrons. The number of benzene rings is 1. The first-order valence-corrected chi connectivity index (χ1v) is 10.6. The maximum Gasteiger partial charge on any atom is 0.338 e. The summed E-state index contributed by atoms with van der Waals surface area (Å²) in [6.45, 7) is 9.56. The molecule has 1 aliphatic rings. The molecule has 0 fully saturated rings. The van der Waals surface area contributed by atoms with Gasteiger partial charge in [-0.3, -0.25) is 4.79 Å². The summed E-state index contributed by atoms with van der Waals surface area (Å²) in [7, 11) is 1.42. The predicted octanol–water partition coefficient (Wildman–Crippen LogP) is 5.35. The monoisotopic (exact) mass is 430 g/mol. The van der Waals surface area contributed by atoms with Gasteiger partial charge in [-0.1, -0.05) is 25.5 Å². The summed E-state index contributed by atoms with van der Waals surface area (Å²) in [6.07, 6.45) is 6.44. The van der Waals surface area contributed by atoms with Crippen LogP contribution in [0.3, 0.4) is 0 Å². The third kappa shape index (κ3) is 6.88. The van der Waals surface area contributed by atoms with Crippen molar-refractivity contribution in [3.8, 4) is 11.5 Å². The van der Waals surface area contributed by atoms with Crippen LogP contribution in [0.4, 0.5) is 0 Å². The number of hydrogen-bond donors (Lipinski definition) is 1. The van der Waals surface area contributed by atoms with Gasteiger partial charge in [0, 0.05) is 18.8 Å².